The highest BCUT2D eigenvalue weighted by molar-refractivity contribution is 9.10. The maximum Gasteiger partial charge on any atom is 0.174 e. The Labute approximate surface area is 194 Å². The number of hydrogen-bond acceptors (Lipinski definition) is 3. The van der Waals surface area contributed by atoms with E-state index in [-0.39, 0.29) is 12.1 Å². The molecule has 1 N–H and O–H groups in total. The largest absolute Gasteiger partial charge is 0.351 e. The molecule has 0 bridgehead atoms. The number of aromatic nitrogens is 3. The molecule has 31 heavy (non-hydrogen) atoms. The Balaban J connectivity index is 1.60. The maximum absolute atomic E-state index is 5.81. The van der Waals surface area contributed by atoms with E-state index in [0.29, 0.717) is 11.7 Å². The van der Waals surface area contributed by atoms with Gasteiger partial charge in [0.05, 0.1) is 24.0 Å². The van der Waals surface area contributed by atoms with Crippen molar-refractivity contribution in [3.05, 3.63) is 113 Å². The molecule has 2 atom stereocenters. The lowest BCUT2D eigenvalue weighted by atomic mass is 10.0. The smallest absolute Gasteiger partial charge is 0.174 e. The summed E-state index contributed by atoms with van der Waals surface area (Å²) in [6.45, 7) is 0.690. The van der Waals surface area contributed by atoms with Gasteiger partial charge in [-0.05, 0) is 72.9 Å². The van der Waals surface area contributed by atoms with Crippen LogP contribution in [0.5, 0.6) is 0 Å². The lowest BCUT2D eigenvalue weighted by Crippen LogP contribution is -2.30. The van der Waals surface area contributed by atoms with Crippen LogP contribution in [0.4, 0.5) is 5.69 Å². The standard InChI is InChI=1S/C24H20BrN5S/c25-17-9-11-19(12-10-17)30-23(22(28-24(30)31)20-7-2-4-14-27-20)21-8-5-15-29(21)16-18-6-1-3-13-26-18/h1-15,22-23H,16H2,(H,28,31). The molecule has 1 aromatic carbocycles. The molecule has 0 radical (unpaired) electrons. The third-order valence-electron chi connectivity index (χ3n) is 5.43. The van der Waals surface area contributed by atoms with E-state index < -0.39 is 0 Å². The topological polar surface area (TPSA) is 46.0 Å². The zero-order valence-corrected chi connectivity index (χ0v) is 19.0. The quantitative estimate of drug-likeness (QED) is 0.387. The van der Waals surface area contributed by atoms with Gasteiger partial charge in [0.1, 0.15) is 6.04 Å². The van der Waals surface area contributed by atoms with Crippen molar-refractivity contribution in [3.8, 4) is 0 Å². The van der Waals surface area contributed by atoms with E-state index in [1.165, 1.54) is 0 Å². The van der Waals surface area contributed by atoms with Crippen LogP contribution in [0.2, 0.25) is 0 Å². The van der Waals surface area contributed by atoms with Gasteiger partial charge in [-0.15, -0.1) is 0 Å². The first kappa shape index (κ1) is 19.9. The number of pyridine rings is 2. The second kappa shape index (κ2) is 8.61. The van der Waals surface area contributed by atoms with Crippen LogP contribution in [0.25, 0.3) is 0 Å². The van der Waals surface area contributed by atoms with Crippen molar-refractivity contribution in [1.29, 1.82) is 0 Å². The van der Waals surface area contributed by atoms with E-state index in [2.05, 4.69) is 71.1 Å². The molecule has 4 aromatic rings. The van der Waals surface area contributed by atoms with E-state index in [9.17, 15) is 0 Å². The summed E-state index contributed by atoms with van der Waals surface area (Å²) in [5.74, 6) is 0. The van der Waals surface area contributed by atoms with Crippen LogP contribution in [0.15, 0.2) is 95.9 Å². The van der Waals surface area contributed by atoms with Gasteiger partial charge < -0.3 is 14.8 Å². The van der Waals surface area contributed by atoms with E-state index in [1.807, 2.05) is 60.9 Å². The van der Waals surface area contributed by atoms with Gasteiger partial charge in [-0.1, -0.05) is 28.1 Å². The van der Waals surface area contributed by atoms with E-state index >= 15 is 0 Å². The summed E-state index contributed by atoms with van der Waals surface area (Å²) in [5.41, 5.74) is 4.16. The Morgan fingerprint density at radius 3 is 2.39 bits per heavy atom. The Bertz CT molecular complexity index is 1180. The predicted octanol–water partition coefficient (Wildman–Crippen LogP) is 5.27. The molecule has 1 aliphatic rings. The van der Waals surface area contributed by atoms with Gasteiger partial charge in [0.15, 0.2) is 5.11 Å². The van der Waals surface area contributed by atoms with Crippen LogP contribution < -0.4 is 10.2 Å². The van der Waals surface area contributed by atoms with Crippen LogP contribution in [0, 0.1) is 0 Å². The first-order chi connectivity index (χ1) is 15.2. The normalized spacial score (nSPS) is 18.2. The van der Waals surface area contributed by atoms with Crippen LogP contribution in [-0.4, -0.2) is 19.6 Å². The predicted molar refractivity (Wildman–Crippen MR) is 130 cm³/mol. The Hall–Kier alpha value is -3.03. The zero-order chi connectivity index (χ0) is 21.2. The molecular formula is C24H20BrN5S. The molecule has 4 heterocycles. The Kier molecular flexibility index (Phi) is 5.53. The molecule has 1 fully saturated rings. The summed E-state index contributed by atoms with van der Waals surface area (Å²) in [4.78, 5) is 11.3. The van der Waals surface area contributed by atoms with Gasteiger partial charge in [-0.2, -0.15) is 0 Å². The number of benzene rings is 1. The van der Waals surface area contributed by atoms with Crippen molar-refractivity contribution in [3.63, 3.8) is 0 Å². The molecule has 7 heteroatoms. The van der Waals surface area contributed by atoms with Crippen molar-refractivity contribution < 1.29 is 0 Å². The van der Waals surface area contributed by atoms with Crippen molar-refractivity contribution in [2.45, 2.75) is 18.6 Å². The third kappa shape index (κ3) is 3.98. The number of rotatable bonds is 5. The molecule has 2 unspecified atom stereocenters. The molecule has 3 aromatic heterocycles. The van der Waals surface area contributed by atoms with Crippen LogP contribution >= 0.6 is 28.1 Å². The van der Waals surface area contributed by atoms with Crippen LogP contribution in [0.1, 0.15) is 29.2 Å². The minimum absolute atomic E-state index is 0.0534. The zero-order valence-electron chi connectivity index (χ0n) is 16.6. The molecule has 5 rings (SSSR count). The summed E-state index contributed by atoms with van der Waals surface area (Å²) in [6, 6.07) is 24.3. The minimum atomic E-state index is -0.0743. The van der Waals surface area contributed by atoms with Crippen molar-refractivity contribution in [2.75, 3.05) is 4.90 Å². The maximum atomic E-state index is 5.81. The number of nitrogens with one attached hydrogen (secondary N) is 1. The van der Waals surface area contributed by atoms with Gasteiger partial charge in [-0.3, -0.25) is 9.97 Å². The highest BCUT2D eigenvalue weighted by atomic mass is 79.9. The van der Waals surface area contributed by atoms with Gasteiger partial charge in [0, 0.05) is 34.4 Å². The van der Waals surface area contributed by atoms with Gasteiger partial charge in [-0.25, -0.2) is 0 Å². The van der Waals surface area contributed by atoms with E-state index in [1.54, 1.807) is 0 Å². The Morgan fingerprint density at radius 2 is 1.68 bits per heavy atom. The molecule has 0 saturated carbocycles. The minimum Gasteiger partial charge on any atom is -0.351 e. The summed E-state index contributed by atoms with van der Waals surface area (Å²) in [5, 5.41) is 4.21. The second-order valence-electron chi connectivity index (χ2n) is 7.36. The Morgan fingerprint density at radius 1 is 0.903 bits per heavy atom. The number of halogens is 1. The fourth-order valence-electron chi connectivity index (χ4n) is 4.04. The van der Waals surface area contributed by atoms with Crippen molar-refractivity contribution >= 4 is 38.9 Å². The first-order valence-corrected chi connectivity index (χ1v) is 11.2. The molecule has 0 aliphatic carbocycles. The number of thiocarbonyl (C=S) groups is 1. The van der Waals surface area contributed by atoms with Crippen LogP contribution in [0.3, 0.4) is 0 Å². The SMILES string of the molecule is S=C1NC(c2ccccn2)C(c2cccn2Cc2ccccn2)N1c1ccc(Br)cc1. The first-order valence-electron chi connectivity index (χ1n) is 10.0. The monoisotopic (exact) mass is 489 g/mol. The number of nitrogens with zero attached hydrogens (tertiary/aromatic N) is 4. The van der Waals surface area contributed by atoms with Gasteiger partial charge in [0.25, 0.3) is 0 Å². The highest BCUT2D eigenvalue weighted by Gasteiger charge is 2.42. The molecule has 0 amide bonds. The molecule has 5 nitrogen and oxygen atoms in total. The molecule has 0 spiro atoms. The highest BCUT2D eigenvalue weighted by Crippen LogP contribution is 2.41. The van der Waals surface area contributed by atoms with Crippen LogP contribution in [-0.2, 0) is 6.54 Å². The fourth-order valence-corrected chi connectivity index (χ4v) is 4.65. The lowest BCUT2D eigenvalue weighted by molar-refractivity contribution is 0.532. The lowest BCUT2D eigenvalue weighted by Gasteiger charge is -2.29. The average Bonchev–Trinajstić information content (AvgIpc) is 3.39. The molecule has 1 aliphatic heterocycles. The molecular weight excluding hydrogens is 470 g/mol. The summed E-state index contributed by atoms with van der Waals surface area (Å²) < 4.78 is 3.27. The fraction of sp³-hybridized carbons (Fsp3) is 0.125. The second-order valence-corrected chi connectivity index (χ2v) is 8.66. The summed E-state index contributed by atoms with van der Waals surface area (Å²) in [7, 11) is 0. The van der Waals surface area contributed by atoms with Gasteiger partial charge in [0.2, 0.25) is 0 Å². The summed E-state index contributed by atoms with van der Waals surface area (Å²) in [6.07, 6.45) is 5.75. The molecule has 154 valence electrons. The average molecular weight is 490 g/mol. The number of anilines is 1. The van der Waals surface area contributed by atoms with Crippen molar-refractivity contribution in [1.82, 2.24) is 19.9 Å². The van der Waals surface area contributed by atoms with Crippen molar-refractivity contribution in [2.24, 2.45) is 0 Å². The van der Waals surface area contributed by atoms with Gasteiger partial charge >= 0.3 is 0 Å². The third-order valence-corrected chi connectivity index (χ3v) is 6.27. The van der Waals surface area contributed by atoms with E-state index in [0.717, 1.165) is 27.2 Å². The summed E-state index contributed by atoms with van der Waals surface area (Å²) >= 11 is 9.34. The van der Waals surface area contributed by atoms with E-state index in [4.69, 9.17) is 12.2 Å². The number of hydrogen-bond donors (Lipinski definition) is 1. The molecule has 1 saturated heterocycles.